The van der Waals surface area contributed by atoms with E-state index in [1.165, 1.54) is 21.3 Å². The van der Waals surface area contributed by atoms with E-state index in [9.17, 15) is 18.0 Å². The molecule has 0 saturated carbocycles. The van der Waals surface area contributed by atoms with Gasteiger partial charge in [0.1, 0.15) is 18.1 Å². The maximum Gasteiger partial charge on any atom is 0.319 e. The van der Waals surface area contributed by atoms with Crippen LogP contribution in [0, 0.1) is 0 Å². The molecule has 0 radical (unpaired) electrons. The number of amides is 1. The Morgan fingerprint density at radius 1 is 0.827 bits per heavy atom. The van der Waals surface area contributed by atoms with Crippen LogP contribution in [0.2, 0.25) is 5.04 Å². The summed E-state index contributed by atoms with van der Waals surface area (Å²) in [6.45, 7) is 7.33. The first kappa shape index (κ1) is 35.3. The largest absolute Gasteiger partial charge is 0.534 e. The first-order valence-electron chi connectivity index (χ1n) is 17.4. The van der Waals surface area contributed by atoms with Gasteiger partial charge in [-0.2, -0.15) is 4.31 Å². The van der Waals surface area contributed by atoms with Gasteiger partial charge in [-0.15, -0.1) is 0 Å². The summed E-state index contributed by atoms with van der Waals surface area (Å²) < 4.78 is 42.0. The molecule has 1 fully saturated rings. The summed E-state index contributed by atoms with van der Waals surface area (Å²) in [5.74, 6) is -0.143. The number of hydrogen-bond acceptors (Lipinski definition) is 7. The highest BCUT2D eigenvalue weighted by Gasteiger charge is 2.52. The number of carbonyl (C=O) groups is 2. The summed E-state index contributed by atoms with van der Waals surface area (Å²) in [6, 6.07) is 36.0. The smallest absolute Gasteiger partial charge is 0.319 e. The molecule has 11 heteroatoms. The van der Waals surface area contributed by atoms with Crippen LogP contribution in [0.3, 0.4) is 0 Å². The number of pyridine rings is 1. The van der Waals surface area contributed by atoms with Crippen molar-refractivity contribution in [1.82, 2.24) is 9.29 Å². The predicted molar refractivity (Wildman–Crippen MR) is 203 cm³/mol. The van der Waals surface area contributed by atoms with Gasteiger partial charge in [0, 0.05) is 12.7 Å². The van der Waals surface area contributed by atoms with E-state index in [2.05, 4.69) is 50.0 Å². The monoisotopic (exact) mass is 731 g/mol. The van der Waals surface area contributed by atoms with Crippen molar-refractivity contribution < 1.29 is 27.2 Å². The van der Waals surface area contributed by atoms with Gasteiger partial charge in [0.2, 0.25) is 10.0 Å². The van der Waals surface area contributed by atoms with Crippen molar-refractivity contribution in [3.63, 3.8) is 0 Å². The summed E-state index contributed by atoms with van der Waals surface area (Å²) >= 11 is 0. The highest BCUT2D eigenvalue weighted by atomic mass is 32.2. The molecule has 1 saturated heterocycles. The maximum absolute atomic E-state index is 13.8. The lowest BCUT2D eigenvalue weighted by Gasteiger charge is -2.43. The zero-order chi connectivity index (χ0) is 36.5. The number of ether oxygens (including phenoxy) is 1. The average molecular weight is 732 g/mol. The molecule has 0 bridgehead atoms. The molecule has 5 aromatic rings. The summed E-state index contributed by atoms with van der Waals surface area (Å²) in [5, 5.41) is 2.11. The molecule has 7 rings (SSSR count). The van der Waals surface area contributed by atoms with Crippen LogP contribution in [0.1, 0.15) is 49.5 Å². The number of rotatable bonds is 11. The van der Waals surface area contributed by atoms with Gasteiger partial charge in [-0.1, -0.05) is 93.6 Å². The standard InChI is InChI=1S/C41H41N3O6SSi/c1-41(2,3)52(35-14-6-4-7-15-35,36-16-8-5-9-17-36)50-32-20-18-30(19-21-32)28-43-38-23-22-34(26-37(38)39(45)40(43)46)51(47,48)44-25-11-12-31(44)29-49-33-13-10-24-42-27-33/h4-10,13-24,26-27,31H,11-12,25,28-29H2,1-3H3. The molecular weight excluding hydrogens is 691 g/mol. The molecule has 0 aliphatic carbocycles. The number of Topliss-reactive ketones (excluding diaryl/α,β-unsaturated/α-hetero) is 1. The van der Waals surface area contributed by atoms with Crippen molar-refractivity contribution >= 4 is 46.1 Å². The normalized spacial score (nSPS) is 16.6. The molecule has 0 spiro atoms. The first-order valence-corrected chi connectivity index (χ1v) is 20.8. The minimum Gasteiger partial charge on any atom is -0.534 e. The van der Waals surface area contributed by atoms with Crippen LogP contribution in [0.5, 0.6) is 11.5 Å². The molecule has 1 aromatic heterocycles. The summed E-state index contributed by atoms with van der Waals surface area (Å²) in [6.07, 6.45) is 4.57. The zero-order valence-corrected chi connectivity index (χ0v) is 31.3. The lowest BCUT2D eigenvalue weighted by molar-refractivity contribution is -0.114. The molecule has 4 aromatic carbocycles. The van der Waals surface area contributed by atoms with E-state index in [1.807, 2.05) is 60.7 Å². The third kappa shape index (κ3) is 6.55. The number of anilines is 1. The van der Waals surface area contributed by atoms with Gasteiger partial charge in [-0.05, 0) is 76.3 Å². The highest BCUT2D eigenvalue weighted by Crippen LogP contribution is 2.38. The van der Waals surface area contributed by atoms with E-state index in [0.29, 0.717) is 36.6 Å². The van der Waals surface area contributed by atoms with Gasteiger partial charge in [-0.3, -0.25) is 14.6 Å². The number of fused-ring (bicyclic) bond motifs is 1. The molecule has 0 N–H and O–H groups in total. The van der Waals surface area contributed by atoms with E-state index < -0.39 is 30.0 Å². The predicted octanol–water partition coefficient (Wildman–Crippen LogP) is 5.98. The summed E-state index contributed by atoms with van der Waals surface area (Å²) in [7, 11) is -6.79. The first-order chi connectivity index (χ1) is 25.0. The Kier molecular flexibility index (Phi) is 9.60. The number of nitrogens with zero attached hydrogens (tertiary/aromatic N) is 3. The van der Waals surface area contributed by atoms with Crippen molar-refractivity contribution in [3.8, 4) is 11.5 Å². The Morgan fingerprint density at radius 2 is 1.50 bits per heavy atom. The van der Waals surface area contributed by atoms with Crippen LogP contribution in [0.25, 0.3) is 0 Å². The van der Waals surface area contributed by atoms with Crippen molar-refractivity contribution in [3.05, 3.63) is 139 Å². The summed E-state index contributed by atoms with van der Waals surface area (Å²) in [5.41, 5.74) is 1.27. The Labute approximate surface area is 306 Å². The van der Waals surface area contributed by atoms with Crippen LogP contribution >= 0.6 is 0 Å². The number of carbonyl (C=O) groups excluding carboxylic acids is 2. The molecule has 2 aliphatic heterocycles. The number of aromatic nitrogens is 1. The van der Waals surface area contributed by atoms with Gasteiger partial charge in [0.25, 0.3) is 11.7 Å². The fourth-order valence-corrected chi connectivity index (χ4v) is 13.4. The number of hydrogen-bond donors (Lipinski definition) is 0. The van der Waals surface area contributed by atoms with E-state index >= 15 is 0 Å². The number of benzene rings is 4. The lowest BCUT2D eigenvalue weighted by Crippen LogP contribution is -2.68. The maximum atomic E-state index is 13.8. The van der Waals surface area contributed by atoms with E-state index in [4.69, 9.17) is 9.16 Å². The fraction of sp³-hybridized carbons (Fsp3) is 0.244. The van der Waals surface area contributed by atoms with E-state index in [-0.39, 0.29) is 34.7 Å². The molecular formula is C41H41N3O6SSi. The SMILES string of the molecule is CC(C)(C)[Si](Oc1ccc(CN2C(=O)C(=O)c3cc(S(=O)(=O)N4CCCC4COc4cccnc4)ccc32)cc1)(c1ccccc1)c1ccccc1. The van der Waals surface area contributed by atoms with Gasteiger partial charge in [-0.25, -0.2) is 8.42 Å². The van der Waals surface area contributed by atoms with E-state index in [1.54, 1.807) is 30.6 Å². The van der Waals surface area contributed by atoms with Crippen LogP contribution < -0.4 is 24.4 Å². The molecule has 2 aliphatic rings. The molecule has 266 valence electrons. The minimum absolute atomic E-state index is 0.0210. The fourth-order valence-electron chi connectivity index (χ4n) is 7.32. The molecule has 52 heavy (non-hydrogen) atoms. The Hall–Kier alpha value is -5.10. The number of ketones is 1. The Morgan fingerprint density at radius 3 is 2.12 bits per heavy atom. The van der Waals surface area contributed by atoms with Crippen LogP contribution in [0.15, 0.2) is 133 Å². The molecule has 9 nitrogen and oxygen atoms in total. The Bertz CT molecular complexity index is 2140. The van der Waals surface area contributed by atoms with Gasteiger partial charge < -0.3 is 14.1 Å². The second-order valence-electron chi connectivity index (χ2n) is 14.2. The highest BCUT2D eigenvalue weighted by molar-refractivity contribution is 7.89. The molecule has 3 heterocycles. The molecule has 1 amide bonds. The van der Waals surface area contributed by atoms with E-state index in [0.717, 1.165) is 15.9 Å². The lowest BCUT2D eigenvalue weighted by atomic mass is 10.1. The summed E-state index contributed by atoms with van der Waals surface area (Å²) in [4.78, 5) is 32.0. The second kappa shape index (κ2) is 14.1. The zero-order valence-electron chi connectivity index (χ0n) is 29.4. The minimum atomic E-state index is -3.96. The van der Waals surface area contributed by atoms with Crippen LogP contribution in [-0.4, -0.2) is 56.9 Å². The topological polar surface area (TPSA) is 106 Å². The van der Waals surface area contributed by atoms with Crippen molar-refractivity contribution in [2.45, 2.75) is 56.1 Å². The van der Waals surface area contributed by atoms with Crippen molar-refractivity contribution in [2.75, 3.05) is 18.1 Å². The number of sulfonamides is 1. The molecule has 1 unspecified atom stereocenters. The molecule has 1 atom stereocenters. The van der Waals surface area contributed by atoms with Crippen LogP contribution in [-0.2, 0) is 21.4 Å². The third-order valence-electron chi connectivity index (χ3n) is 9.90. The second-order valence-corrected chi connectivity index (χ2v) is 20.3. The quantitative estimate of drug-likeness (QED) is 0.122. The average Bonchev–Trinajstić information content (AvgIpc) is 3.73. The van der Waals surface area contributed by atoms with Gasteiger partial charge in [0.15, 0.2) is 0 Å². The van der Waals surface area contributed by atoms with Crippen molar-refractivity contribution in [2.24, 2.45) is 0 Å². The van der Waals surface area contributed by atoms with Gasteiger partial charge in [0.05, 0.1) is 34.9 Å². The Balaban J connectivity index is 1.11. The van der Waals surface area contributed by atoms with Gasteiger partial charge >= 0.3 is 8.32 Å². The third-order valence-corrected chi connectivity index (χ3v) is 16.8. The van der Waals surface area contributed by atoms with Crippen molar-refractivity contribution in [1.29, 1.82) is 0 Å². The van der Waals surface area contributed by atoms with Crippen LogP contribution in [0.4, 0.5) is 5.69 Å².